The van der Waals surface area contributed by atoms with Crippen molar-refractivity contribution in [2.24, 2.45) is 0 Å². The van der Waals surface area contributed by atoms with E-state index in [2.05, 4.69) is 61.1 Å². The highest BCUT2D eigenvalue weighted by Crippen LogP contribution is 2.39. The zero-order valence-corrected chi connectivity index (χ0v) is 25.9. The maximum absolute atomic E-state index is 6.38. The smallest absolute Gasteiger partial charge is 0.179 e. The number of thiocarbonyl (C=S) groups is 2. The Balaban J connectivity index is 3.30. The van der Waals surface area contributed by atoms with Gasteiger partial charge in [0, 0.05) is 0 Å². The standard InChI is InChI=1S/C29H58N4S2/c1-7-13-19-29(20-14-8-2)27(34)32(25-30(21-15-9-3)22-16-10-4)28(35)33(29)26-31(23-17-11-5)24-18-12-6/h7-26H2,1-6H3. The minimum Gasteiger partial charge on any atom is -0.324 e. The molecule has 35 heavy (non-hydrogen) atoms. The Bertz CT molecular complexity index is 559. The maximum atomic E-state index is 6.38. The summed E-state index contributed by atoms with van der Waals surface area (Å²) in [5.74, 6) is 0. The van der Waals surface area contributed by atoms with Crippen LogP contribution in [0.1, 0.15) is 131 Å². The molecule has 0 N–H and O–H groups in total. The summed E-state index contributed by atoms with van der Waals surface area (Å²) in [6, 6.07) is 0. The Labute approximate surface area is 230 Å². The van der Waals surface area contributed by atoms with Crippen LogP contribution < -0.4 is 0 Å². The zero-order chi connectivity index (χ0) is 26.1. The van der Waals surface area contributed by atoms with E-state index in [0.717, 1.165) is 62.5 Å². The molecule has 0 bridgehead atoms. The summed E-state index contributed by atoms with van der Waals surface area (Å²) >= 11 is 12.7. The Morgan fingerprint density at radius 1 is 0.571 bits per heavy atom. The van der Waals surface area contributed by atoms with Gasteiger partial charge in [-0.05, 0) is 76.9 Å². The van der Waals surface area contributed by atoms with E-state index >= 15 is 0 Å². The van der Waals surface area contributed by atoms with Crippen molar-refractivity contribution in [1.82, 2.24) is 19.6 Å². The van der Waals surface area contributed by atoms with Crippen LogP contribution in [0, 0.1) is 0 Å². The topological polar surface area (TPSA) is 13.0 Å². The highest BCUT2D eigenvalue weighted by Gasteiger charge is 2.51. The average Bonchev–Trinajstić information content (AvgIpc) is 3.05. The van der Waals surface area contributed by atoms with E-state index in [9.17, 15) is 0 Å². The molecule has 4 nitrogen and oxygen atoms in total. The second-order valence-electron chi connectivity index (χ2n) is 10.6. The van der Waals surface area contributed by atoms with Crippen LogP contribution in [-0.2, 0) is 0 Å². The molecule has 1 saturated heterocycles. The molecule has 6 heteroatoms. The lowest BCUT2D eigenvalue weighted by Gasteiger charge is -2.41. The van der Waals surface area contributed by atoms with E-state index in [-0.39, 0.29) is 5.54 Å². The fourth-order valence-corrected chi connectivity index (χ4v) is 5.98. The van der Waals surface area contributed by atoms with Crippen LogP contribution in [0.4, 0.5) is 0 Å². The van der Waals surface area contributed by atoms with Crippen LogP contribution in [0.2, 0.25) is 0 Å². The van der Waals surface area contributed by atoms with Gasteiger partial charge in [-0.1, -0.05) is 105 Å². The number of nitrogens with zero attached hydrogens (tertiary/aromatic N) is 4. The summed E-state index contributed by atoms with van der Waals surface area (Å²) in [5, 5.41) is 0.984. The summed E-state index contributed by atoms with van der Waals surface area (Å²) in [4.78, 5) is 11.3. The molecular weight excluding hydrogens is 468 g/mol. The fraction of sp³-hybridized carbons (Fsp3) is 0.931. The lowest BCUT2D eigenvalue weighted by Crippen LogP contribution is -2.53. The minimum absolute atomic E-state index is 0.101. The molecule has 0 spiro atoms. The zero-order valence-electron chi connectivity index (χ0n) is 24.2. The third-order valence-corrected chi connectivity index (χ3v) is 8.55. The van der Waals surface area contributed by atoms with Crippen LogP contribution in [0.3, 0.4) is 0 Å². The normalized spacial score (nSPS) is 15.9. The van der Waals surface area contributed by atoms with E-state index in [4.69, 9.17) is 24.4 Å². The van der Waals surface area contributed by atoms with Gasteiger partial charge in [-0.15, -0.1) is 0 Å². The van der Waals surface area contributed by atoms with Gasteiger partial charge in [0.05, 0.1) is 18.9 Å². The molecule has 0 radical (unpaired) electrons. The second-order valence-corrected chi connectivity index (χ2v) is 11.4. The molecule has 1 aliphatic rings. The van der Waals surface area contributed by atoms with Crippen LogP contribution in [0.15, 0.2) is 0 Å². The van der Waals surface area contributed by atoms with Gasteiger partial charge in [0.15, 0.2) is 5.11 Å². The van der Waals surface area contributed by atoms with Crippen LogP contribution in [0.5, 0.6) is 0 Å². The van der Waals surface area contributed by atoms with Crippen LogP contribution in [-0.4, -0.2) is 74.8 Å². The van der Waals surface area contributed by atoms with Gasteiger partial charge in [0.2, 0.25) is 0 Å². The first kappa shape index (κ1) is 32.7. The number of unbranched alkanes of at least 4 members (excludes halogenated alkanes) is 6. The fourth-order valence-electron chi connectivity index (χ4n) is 5.08. The van der Waals surface area contributed by atoms with Crippen molar-refractivity contribution in [1.29, 1.82) is 0 Å². The number of rotatable bonds is 22. The van der Waals surface area contributed by atoms with Crippen molar-refractivity contribution in [2.45, 2.75) is 137 Å². The molecule has 0 unspecified atom stereocenters. The SMILES string of the molecule is CCCCN(CCCC)CN1C(=S)N(CN(CCCC)CCCC)C(CCCC)(CCCC)C1=S. The molecule has 0 aliphatic carbocycles. The first-order chi connectivity index (χ1) is 16.9. The number of hydrogen-bond acceptors (Lipinski definition) is 4. The Kier molecular flexibility index (Phi) is 17.6. The molecule has 0 aromatic carbocycles. The quantitative estimate of drug-likeness (QED) is 0.131. The molecule has 1 aliphatic heterocycles. The monoisotopic (exact) mass is 526 g/mol. The molecule has 0 aromatic heterocycles. The van der Waals surface area contributed by atoms with Gasteiger partial charge in [-0.25, -0.2) is 0 Å². The molecule has 0 atom stereocenters. The molecule has 0 aromatic rings. The van der Waals surface area contributed by atoms with Crippen molar-refractivity contribution in [3.63, 3.8) is 0 Å². The van der Waals surface area contributed by atoms with Crippen molar-refractivity contribution in [3.8, 4) is 0 Å². The lowest BCUT2D eigenvalue weighted by molar-refractivity contribution is 0.121. The Morgan fingerprint density at radius 3 is 1.31 bits per heavy atom. The van der Waals surface area contributed by atoms with E-state index in [0.29, 0.717) is 0 Å². The summed E-state index contributed by atoms with van der Waals surface area (Å²) in [7, 11) is 0. The highest BCUT2D eigenvalue weighted by atomic mass is 32.1. The molecular formula is C29H58N4S2. The van der Waals surface area contributed by atoms with Crippen molar-refractivity contribution >= 4 is 34.5 Å². The van der Waals surface area contributed by atoms with Gasteiger partial charge in [0.1, 0.15) is 4.99 Å². The van der Waals surface area contributed by atoms with Gasteiger partial charge >= 0.3 is 0 Å². The van der Waals surface area contributed by atoms with E-state index in [1.807, 2.05) is 0 Å². The van der Waals surface area contributed by atoms with E-state index < -0.39 is 0 Å². The minimum atomic E-state index is -0.101. The molecule has 1 fully saturated rings. The molecule has 1 rings (SSSR count). The third kappa shape index (κ3) is 10.2. The van der Waals surface area contributed by atoms with Crippen LogP contribution >= 0.6 is 24.4 Å². The maximum Gasteiger partial charge on any atom is 0.179 e. The van der Waals surface area contributed by atoms with Gasteiger partial charge in [-0.3, -0.25) is 14.7 Å². The highest BCUT2D eigenvalue weighted by molar-refractivity contribution is 7.82. The summed E-state index contributed by atoms with van der Waals surface area (Å²) < 4.78 is 0. The van der Waals surface area contributed by atoms with E-state index in [1.54, 1.807) is 0 Å². The predicted octanol–water partition coefficient (Wildman–Crippen LogP) is 8.05. The van der Waals surface area contributed by atoms with Gasteiger partial charge in [0.25, 0.3) is 0 Å². The van der Waals surface area contributed by atoms with Crippen molar-refractivity contribution in [3.05, 3.63) is 0 Å². The Morgan fingerprint density at radius 2 is 0.943 bits per heavy atom. The first-order valence-electron chi connectivity index (χ1n) is 15.0. The molecule has 1 heterocycles. The molecule has 0 saturated carbocycles. The summed E-state index contributed by atoms with van der Waals surface area (Å²) in [6.07, 6.45) is 16.9. The Hall–Kier alpha value is -0.300. The van der Waals surface area contributed by atoms with E-state index in [1.165, 1.54) is 77.0 Å². The lowest BCUT2D eigenvalue weighted by atomic mass is 9.86. The third-order valence-electron chi connectivity index (χ3n) is 7.50. The van der Waals surface area contributed by atoms with Crippen LogP contribution in [0.25, 0.3) is 0 Å². The largest absolute Gasteiger partial charge is 0.324 e. The predicted molar refractivity (Wildman–Crippen MR) is 163 cm³/mol. The van der Waals surface area contributed by atoms with Gasteiger partial charge < -0.3 is 4.90 Å². The second kappa shape index (κ2) is 18.9. The summed E-state index contributed by atoms with van der Waals surface area (Å²) in [6.45, 7) is 20.1. The molecule has 206 valence electrons. The van der Waals surface area contributed by atoms with Crippen molar-refractivity contribution in [2.75, 3.05) is 39.5 Å². The first-order valence-corrected chi connectivity index (χ1v) is 15.8. The average molecular weight is 527 g/mol. The molecule has 0 amide bonds. The summed E-state index contributed by atoms with van der Waals surface area (Å²) in [5.41, 5.74) is -0.101. The van der Waals surface area contributed by atoms with Gasteiger partial charge in [-0.2, -0.15) is 0 Å². The van der Waals surface area contributed by atoms with Crippen molar-refractivity contribution < 1.29 is 0 Å². The number of hydrogen-bond donors (Lipinski definition) is 0.